The van der Waals surface area contributed by atoms with Crippen molar-refractivity contribution in [2.75, 3.05) is 13.6 Å². The fourth-order valence-corrected chi connectivity index (χ4v) is 4.44. The summed E-state index contributed by atoms with van der Waals surface area (Å²) in [6, 6.07) is 12.8. The number of hydrogen-bond acceptors (Lipinski definition) is 4. The molecule has 4 heteroatoms. The normalized spacial score (nSPS) is 23.2. The van der Waals surface area contributed by atoms with Crippen LogP contribution in [0.3, 0.4) is 0 Å². The van der Waals surface area contributed by atoms with Gasteiger partial charge in [-0.05, 0) is 85.8 Å². The second-order valence-corrected chi connectivity index (χ2v) is 7.67. The van der Waals surface area contributed by atoms with Gasteiger partial charge in [0.25, 0.3) is 0 Å². The standard InChI is InChI=1S/C22H24O4/c1-2-16(10-18-6-8-20-22(12-18)26-14-24-20)4-3-15(1)9-17-5-7-19-21(11-17)25-13-23-19/h5-8,11-12,15-16H,1-4,9-10,13-14H2. The molecule has 2 aromatic carbocycles. The third-order valence-electron chi connectivity index (χ3n) is 5.89. The van der Waals surface area contributed by atoms with E-state index in [0.29, 0.717) is 13.6 Å². The number of fused-ring (bicyclic) bond motifs is 2. The lowest BCUT2D eigenvalue weighted by Crippen LogP contribution is -2.18. The quantitative estimate of drug-likeness (QED) is 0.797. The summed E-state index contributed by atoms with van der Waals surface area (Å²) in [4.78, 5) is 0. The first kappa shape index (κ1) is 15.9. The Morgan fingerprint density at radius 1 is 0.577 bits per heavy atom. The van der Waals surface area contributed by atoms with Crippen molar-refractivity contribution in [1.29, 1.82) is 0 Å². The molecule has 2 aliphatic heterocycles. The van der Waals surface area contributed by atoms with E-state index in [9.17, 15) is 0 Å². The van der Waals surface area contributed by atoms with Gasteiger partial charge in [0.2, 0.25) is 13.6 Å². The Morgan fingerprint density at radius 3 is 1.46 bits per heavy atom. The fraction of sp³-hybridized carbons (Fsp3) is 0.455. The van der Waals surface area contributed by atoms with E-state index < -0.39 is 0 Å². The smallest absolute Gasteiger partial charge is 0.231 e. The molecular formula is C22H24O4. The molecule has 0 radical (unpaired) electrons. The summed E-state index contributed by atoms with van der Waals surface area (Å²) < 4.78 is 21.8. The van der Waals surface area contributed by atoms with Crippen molar-refractivity contribution in [3.8, 4) is 23.0 Å². The molecule has 1 saturated carbocycles. The van der Waals surface area contributed by atoms with E-state index in [-0.39, 0.29) is 0 Å². The maximum atomic E-state index is 5.50. The van der Waals surface area contributed by atoms with Gasteiger partial charge in [-0.2, -0.15) is 0 Å². The molecule has 0 spiro atoms. The topological polar surface area (TPSA) is 36.9 Å². The van der Waals surface area contributed by atoms with Crippen LogP contribution in [0.15, 0.2) is 36.4 Å². The van der Waals surface area contributed by atoms with Crippen molar-refractivity contribution < 1.29 is 18.9 Å². The molecule has 0 amide bonds. The highest BCUT2D eigenvalue weighted by atomic mass is 16.7. The lowest BCUT2D eigenvalue weighted by Gasteiger charge is -2.28. The molecule has 2 aromatic rings. The zero-order valence-corrected chi connectivity index (χ0v) is 14.9. The summed E-state index contributed by atoms with van der Waals surface area (Å²) in [5, 5.41) is 0. The zero-order valence-electron chi connectivity index (χ0n) is 14.9. The fourth-order valence-electron chi connectivity index (χ4n) is 4.44. The van der Waals surface area contributed by atoms with E-state index in [1.807, 2.05) is 12.1 Å². The summed E-state index contributed by atoms with van der Waals surface area (Å²) in [7, 11) is 0. The second-order valence-electron chi connectivity index (χ2n) is 7.67. The van der Waals surface area contributed by atoms with Crippen molar-refractivity contribution in [3.05, 3.63) is 47.5 Å². The van der Waals surface area contributed by atoms with Crippen LogP contribution in [-0.2, 0) is 12.8 Å². The average Bonchev–Trinajstić information content (AvgIpc) is 3.31. The first-order valence-corrected chi connectivity index (χ1v) is 9.60. The molecule has 0 unspecified atom stereocenters. The molecule has 1 aliphatic carbocycles. The van der Waals surface area contributed by atoms with E-state index in [0.717, 1.165) is 47.7 Å². The van der Waals surface area contributed by atoms with Gasteiger partial charge in [-0.3, -0.25) is 0 Å². The van der Waals surface area contributed by atoms with Crippen LogP contribution in [0, 0.1) is 11.8 Å². The van der Waals surface area contributed by atoms with Gasteiger partial charge < -0.3 is 18.9 Å². The molecule has 0 bridgehead atoms. The summed E-state index contributed by atoms with van der Waals surface area (Å²) in [6.45, 7) is 0.702. The summed E-state index contributed by atoms with van der Waals surface area (Å²) >= 11 is 0. The predicted octanol–water partition coefficient (Wildman–Crippen LogP) is 4.74. The Hall–Kier alpha value is -2.36. The van der Waals surface area contributed by atoms with Crippen LogP contribution in [0.4, 0.5) is 0 Å². The maximum Gasteiger partial charge on any atom is 0.231 e. The average molecular weight is 352 g/mol. The van der Waals surface area contributed by atoms with Gasteiger partial charge in [-0.25, -0.2) is 0 Å². The molecule has 136 valence electrons. The number of ether oxygens (including phenoxy) is 4. The Morgan fingerprint density at radius 2 is 1.00 bits per heavy atom. The Kier molecular flexibility index (Phi) is 4.12. The van der Waals surface area contributed by atoms with Crippen molar-refractivity contribution in [2.24, 2.45) is 11.8 Å². The van der Waals surface area contributed by atoms with Crippen molar-refractivity contribution in [3.63, 3.8) is 0 Å². The highest BCUT2D eigenvalue weighted by molar-refractivity contribution is 5.45. The van der Waals surface area contributed by atoms with Gasteiger partial charge in [-0.1, -0.05) is 12.1 Å². The molecule has 3 aliphatic rings. The lowest BCUT2D eigenvalue weighted by molar-refractivity contribution is 0.173. The number of benzene rings is 2. The monoisotopic (exact) mass is 352 g/mol. The molecule has 1 fully saturated rings. The van der Waals surface area contributed by atoms with Crippen LogP contribution >= 0.6 is 0 Å². The van der Waals surface area contributed by atoms with Crippen molar-refractivity contribution in [1.82, 2.24) is 0 Å². The minimum Gasteiger partial charge on any atom is -0.454 e. The van der Waals surface area contributed by atoms with Crippen LogP contribution in [0.5, 0.6) is 23.0 Å². The highest BCUT2D eigenvalue weighted by Gasteiger charge is 2.23. The van der Waals surface area contributed by atoms with Crippen LogP contribution in [0.2, 0.25) is 0 Å². The molecule has 5 rings (SSSR count). The van der Waals surface area contributed by atoms with E-state index in [4.69, 9.17) is 18.9 Å². The maximum absolute atomic E-state index is 5.50. The van der Waals surface area contributed by atoms with E-state index >= 15 is 0 Å². The first-order chi connectivity index (χ1) is 12.8. The summed E-state index contributed by atoms with van der Waals surface area (Å²) in [5.74, 6) is 5.12. The van der Waals surface area contributed by atoms with Gasteiger partial charge in [0.15, 0.2) is 23.0 Å². The minimum absolute atomic E-state index is 0.351. The van der Waals surface area contributed by atoms with Crippen LogP contribution in [0.25, 0.3) is 0 Å². The van der Waals surface area contributed by atoms with E-state index in [1.165, 1.54) is 36.8 Å². The molecule has 2 heterocycles. The Bertz CT molecular complexity index is 725. The predicted molar refractivity (Wildman–Crippen MR) is 98.0 cm³/mol. The Labute approximate surface area is 154 Å². The van der Waals surface area contributed by atoms with Crippen molar-refractivity contribution >= 4 is 0 Å². The van der Waals surface area contributed by atoms with Gasteiger partial charge in [0.05, 0.1) is 0 Å². The molecule has 26 heavy (non-hydrogen) atoms. The van der Waals surface area contributed by atoms with Gasteiger partial charge >= 0.3 is 0 Å². The largest absolute Gasteiger partial charge is 0.454 e. The minimum atomic E-state index is 0.351. The zero-order chi connectivity index (χ0) is 17.3. The molecular weight excluding hydrogens is 328 g/mol. The van der Waals surface area contributed by atoms with Gasteiger partial charge in [-0.15, -0.1) is 0 Å². The van der Waals surface area contributed by atoms with E-state index in [1.54, 1.807) is 0 Å². The van der Waals surface area contributed by atoms with Gasteiger partial charge in [0.1, 0.15) is 0 Å². The van der Waals surface area contributed by atoms with E-state index in [2.05, 4.69) is 24.3 Å². The second kappa shape index (κ2) is 6.75. The Balaban J connectivity index is 1.15. The molecule has 0 atom stereocenters. The lowest BCUT2D eigenvalue weighted by atomic mass is 9.77. The third kappa shape index (κ3) is 3.20. The molecule has 4 nitrogen and oxygen atoms in total. The van der Waals surface area contributed by atoms with Crippen LogP contribution in [0.1, 0.15) is 36.8 Å². The molecule has 0 aromatic heterocycles. The molecule has 0 N–H and O–H groups in total. The number of rotatable bonds is 4. The molecule has 0 saturated heterocycles. The number of hydrogen-bond donors (Lipinski definition) is 0. The first-order valence-electron chi connectivity index (χ1n) is 9.60. The van der Waals surface area contributed by atoms with Gasteiger partial charge in [0, 0.05) is 0 Å². The summed E-state index contributed by atoms with van der Waals surface area (Å²) in [6.07, 6.45) is 7.53. The SMILES string of the molecule is c1cc2c(cc1CC1CCC(Cc3ccc4c(c3)OCO4)CC1)OCO2. The van der Waals surface area contributed by atoms with Crippen LogP contribution < -0.4 is 18.9 Å². The highest BCUT2D eigenvalue weighted by Crippen LogP contribution is 2.38. The summed E-state index contributed by atoms with van der Waals surface area (Å²) in [5.41, 5.74) is 2.74. The third-order valence-corrected chi connectivity index (χ3v) is 5.89. The van der Waals surface area contributed by atoms with Crippen molar-refractivity contribution in [2.45, 2.75) is 38.5 Å². The van der Waals surface area contributed by atoms with Crippen LogP contribution in [-0.4, -0.2) is 13.6 Å².